The molecule has 188 valence electrons. The Hall–Kier alpha value is -4.89. The Kier molecular flexibility index (Phi) is 7.47. The Morgan fingerprint density at radius 1 is 0.816 bits per heavy atom. The molecule has 0 saturated carbocycles. The maximum atomic E-state index is 13.5. The molecule has 4 aromatic rings. The number of nitrogens with one attached hydrogen (secondary N) is 1. The number of hydrogen-bond acceptors (Lipinski definition) is 6. The second-order valence-corrected chi connectivity index (χ2v) is 9.15. The molecule has 2 atom stereocenters. The van der Waals surface area contributed by atoms with Crippen LogP contribution in [0.4, 0.5) is 5.69 Å². The minimum atomic E-state index is -0.672. The lowest BCUT2D eigenvalue weighted by Gasteiger charge is -2.33. The van der Waals surface area contributed by atoms with Crippen molar-refractivity contribution in [1.82, 2.24) is 0 Å². The fourth-order valence-corrected chi connectivity index (χ4v) is 4.68. The van der Waals surface area contributed by atoms with Gasteiger partial charge in [0.2, 0.25) is 0 Å². The highest BCUT2D eigenvalue weighted by Gasteiger charge is 2.36. The number of anilines is 1. The van der Waals surface area contributed by atoms with E-state index in [9.17, 15) is 14.9 Å². The van der Waals surface area contributed by atoms with E-state index in [2.05, 4.69) is 11.4 Å². The smallest absolute Gasteiger partial charge is 0.340 e. The molecule has 0 aromatic heterocycles. The topological polar surface area (TPSA) is 88.4 Å². The van der Waals surface area contributed by atoms with Crippen LogP contribution in [0.1, 0.15) is 56.6 Å². The molecule has 5 rings (SSSR count). The number of benzene rings is 4. The van der Waals surface area contributed by atoms with Crippen molar-refractivity contribution in [3.63, 3.8) is 0 Å². The third-order valence-electron chi connectivity index (χ3n) is 6.61. The summed E-state index contributed by atoms with van der Waals surface area (Å²) in [7, 11) is 0. The molecular weight excluding hydrogens is 476 g/mol. The van der Waals surface area contributed by atoms with Crippen LogP contribution >= 0.6 is 0 Å². The number of esters is 2. The maximum absolute atomic E-state index is 13.5. The fraction of sp³-hybridized carbons (Fsp3) is 0.156. The second-order valence-electron chi connectivity index (χ2n) is 9.15. The van der Waals surface area contributed by atoms with Gasteiger partial charge in [0.1, 0.15) is 13.2 Å². The first-order chi connectivity index (χ1) is 18.6. The van der Waals surface area contributed by atoms with Crippen LogP contribution in [-0.2, 0) is 27.5 Å². The average molecular weight is 503 g/mol. The Balaban J connectivity index is 1.49. The molecule has 2 unspecified atom stereocenters. The standard InChI is InChI=1S/C32H26N2O4/c33-19-24-16-26-27(31(35)37-20-22-10-4-1-5-11-22)18-29(25-14-8-3-9-15-25)34-30(26)28(17-24)32(36)38-21-23-12-6-2-7-13-23/h1-17,27,29,34H,18,20-21H2. The van der Waals surface area contributed by atoms with E-state index >= 15 is 0 Å². The molecule has 38 heavy (non-hydrogen) atoms. The van der Waals surface area contributed by atoms with E-state index in [1.54, 1.807) is 6.07 Å². The van der Waals surface area contributed by atoms with Crippen molar-refractivity contribution in [1.29, 1.82) is 5.26 Å². The van der Waals surface area contributed by atoms with E-state index in [0.29, 0.717) is 17.7 Å². The molecule has 1 aliphatic rings. The highest BCUT2D eigenvalue weighted by atomic mass is 16.5. The summed E-state index contributed by atoms with van der Waals surface area (Å²) in [5.74, 6) is -1.65. The van der Waals surface area contributed by atoms with Crippen LogP contribution in [0.2, 0.25) is 0 Å². The van der Waals surface area contributed by atoms with Gasteiger partial charge < -0.3 is 14.8 Å². The van der Waals surface area contributed by atoms with E-state index < -0.39 is 17.9 Å². The minimum absolute atomic E-state index is 0.0931. The van der Waals surface area contributed by atoms with Crippen molar-refractivity contribution in [2.45, 2.75) is 31.6 Å². The summed E-state index contributed by atoms with van der Waals surface area (Å²) in [6.45, 7) is 0.231. The summed E-state index contributed by atoms with van der Waals surface area (Å²) in [6, 6.07) is 33.7. The summed E-state index contributed by atoms with van der Waals surface area (Å²) in [6.07, 6.45) is 0.415. The lowest BCUT2D eigenvalue weighted by atomic mass is 9.82. The SMILES string of the molecule is N#Cc1cc(C(=O)OCc2ccccc2)c2c(c1)C(C(=O)OCc1ccccc1)CC(c1ccccc1)N2. The lowest BCUT2D eigenvalue weighted by Crippen LogP contribution is -2.29. The van der Waals surface area contributed by atoms with Crippen molar-refractivity contribution >= 4 is 17.6 Å². The van der Waals surface area contributed by atoms with Gasteiger partial charge in [-0.3, -0.25) is 4.79 Å². The molecule has 4 aromatic carbocycles. The van der Waals surface area contributed by atoms with Crippen LogP contribution < -0.4 is 5.32 Å². The van der Waals surface area contributed by atoms with E-state index in [1.165, 1.54) is 6.07 Å². The van der Waals surface area contributed by atoms with Crippen LogP contribution in [0.15, 0.2) is 103 Å². The average Bonchev–Trinajstić information content (AvgIpc) is 2.99. The summed E-state index contributed by atoms with van der Waals surface area (Å²) in [5.41, 5.74) is 4.25. The van der Waals surface area contributed by atoms with Crippen molar-refractivity contribution in [3.8, 4) is 6.07 Å². The van der Waals surface area contributed by atoms with E-state index in [-0.39, 0.29) is 30.4 Å². The van der Waals surface area contributed by atoms with Gasteiger partial charge in [0, 0.05) is 0 Å². The third kappa shape index (κ3) is 5.58. The molecule has 1 aliphatic heterocycles. The molecule has 0 saturated heterocycles. The van der Waals surface area contributed by atoms with Gasteiger partial charge in [-0.1, -0.05) is 91.0 Å². The Labute approximate surface area is 221 Å². The van der Waals surface area contributed by atoms with Crippen molar-refractivity contribution in [2.24, 2.45) is 0 Å². The number of carbonyl (C=O) groups excluding carboxylic acids is 2. The molecule has 1 heterocycles. The van der Waals surface area contributed by atoms with Crippen LogP contribution in [0.5, 0.6) is 0 Å². The van der Waals surface area contributed by atoms with E-state index in [1.807, 2.05) is 91.0 Å². The zero-order chi connectivity index (χ0) is 26.3. The summed E-state index contributed by atoms with van der Waals surface area (Å²) in [5, 5.41) is 13.2. The van der Waals surface area contributed by atoms with Gasteiger partial charge in [-0.05, 0) is 40.8 Å². The van der Waals surface area contributed by atoms with E-state index in [4.69, 9.17) is 9.47 Å². The fourth-order valence-electron chi connectivity index (χ4n) is 4.68. The van der Waals surface area contributed by atoms with Crippen LogP contribution in [-0.4, -0.2) is 11.9 Å². The second kappa shape index (κ2) is 11.4. The predicted molar refractivity (Wildman–Crippen MR) is 143 cm³/mol. The van der Waals surface area contributed by atoms with Gasteiger partial charge in [-0.15, -0.1) is 0 Å². The highest BCUT2D eigenvalue weighted by molar-refractivity contribution is 5.99. The molecule has 0 aliphatic carbocycles. The number of rotatable bonds is 7. The molecule has 1 N–H and O–H groups in total. The monoisotopic (exact) mass is 502 g/mol. The zero-order valence-electron chi connectivity index (χ0n) is 20.7. The van der Waals surface area contributed by atoms with Crippen LogP contribution in [0.3, 0.4) is 0 Å². The van der Waals surface area contributed by atoms with Gasteiger partial charge >= 0.3 is 11.9 Å². The third-order valence-corrected chi connectivity index (χ3v) is 6.61. The number of carbonyl (C=O) groups is 2. The van der Waals surface area contributed by atoms with Gasteiger partial charge in [-0.25, -0.2) is 4.79 Å². The summed E-state index contributed by atoms with van der Waals surface area (Å²) < 4.78 is 11.3. The molecule has 0 amide bonds. The quantitative estimate of drug-likeness (QED) is 0.299. The van der Waals surface area contributed by atoms with Crippen molar-refractivity contribution in [3.05, 3.63) is 137 Å². The number of fused-ring (bicyclic) bond motifs is 1. The largest absolute Gasteiger partial charge is 0.460 e. The van der Waals surface area contributed by atoms with E-state index in [0.717, 1.165) is 16.7 Å². The molecule has 0 spiro atoms. The van der Waals surface area contributed by atoms with Crippen LogP contribution in [0.25, 0.3) is 0 Å². The highest BCUT2D eigenvalue weighted by Crippen LogP contribution is 2.43. The molecule has 6 nitrogen and oxygen atoms in total. The first kappa shape index (κ1) is 24.8. The van der Waals surface area contributed by atoms with Gasteiger partial charge in [0.25, 0.3) is 0 Å². The first-order valence-electron chi connectivity index (χ1n) is 12.4. The minimum Gasteiger partial charge on any atom is -0.460 e. The summed E-state index contributed by atoms with van der Waals surface area (Å²) in [4.78, 5) is 26.8. The van der Waals surface area contributed by atoms with Crippen molar-refractivity contribution < 1.29 is 19.1 Å². The Morgan fingerprint density at radius 3 is 2.00 bits per heavy atom. The van der Waals surface area contributed by atoms with Crippen LogP contribution in [0, 0.1) is 11.3 Å². The number of nitriles is 1. The molecule has 0 fully saturated rings. The Bertz CT molecular complexity index is 1460. The summed E-state index contributed by atoms with van der Waals surface area (Å²) >= 11 is 0. The predicted octanol–water partition coefficient (Wildman–Crippen LogP) is 6.30. The Morgan fingerprint density at radius 2 is 1.39 bits per heavy atom. The number of hydrogen-bond donors (Lipinski definition) is 1. The maximum Gasteiger partial charge on any atom is 0.340 e. The van der Waals surface area contributed by atoms with Gasteiger partial charge in [-0.2, -0.15) is 5.26 Å². The molecule has 0 bridgehead atoms. The molecular formula is C32H26N2O4. The zero-order valence-corrected chi connectivity index (χ0v) is 20.7. The number of ether oxygens (including phenoxy) is 2. The van der Waals surface area contributed by atoms with Crippen molar-refractivity contribution in [2.75, 3.05) is 5.32 Å². The van der Waals surface area contributed by atoms with Gasteiger partial charge in [0.05, 0.1) is 34.8 Å². The first-order valence-corrected chi connectivity index (χ1v) is 12.4. The molecule has 0 radical (unpaired) electrons. The normalized spacial score (nSPS) is 15.9. The molecule has 6 heteroatoms. The lowest BCUT2D eigenvalue weighted by molar-refractivity contribution is -0.147. The van der Waals surface area contributed by atoms with Gasteiger partial charge in [0.15, 0.2) is 0 Å². The number of nitrogens with zero attached hydrogens (tertiary/aromatic N) is 1.